The van der Waals surface area contributed by atoms with Crippen molar-refractivity contribution in [3.63, 3.8) is 0 Å². The van der Waals surface area contributed by atoms with E-state index in [1.807, 2.05) is 0 Å². The maximum absolute atomic E-state index is 12.2. The Morgan fingerprint density at radius 3 is 2.53 bits per heavy atom. The van der Waals surface area contributed by atoms with Gasteiger partial charge >= 0.3 is 11.8 Å². The van der Waals surface area contributed by atoms with Gasteiger partial charge in [0, 0.05) is 11.6 Å². The van der Waals surface area contributed by atoms with Crippen LogP contribution in [-0.2, 0) is 0 Å². The fourth-order valence-corrected chi connectivity index (χ4v) is 3.83. The number of aromatic nitrogens is 2. The van der Waals surface area contributed by atoms with E-state index < -0.39 is 5.76 Å². The number of hydrogen-bond acceptors (Lipinski definition) is 6. The zero-order valence-corrected chi connectivity index (χ0v) is 19.8. The van der Waals surface area contributed by atoms with E-state index >= 15 is 0 Å². The third kappa shape index (κ3) is 6.19. The summed E-state index contributed by atoms with van der Waals surface area (Å²) in [6.45, 7) is 6.09. The Kier molecular flexibility index (Phi) is 8.48. The second-order valence-corrected chi connectivity index (χ2v) is 8.43. The van der Waals surface area contributed by atoms with Gasteiger partial charge in [-0.05, 0) is 74.3 Å². The first-order valence-electron chi connectivity index (χ1n) is 10.2. The molecular weight excluding hydrogens is 477 g/mol. The van der Waals surface area contributed by atoms with Crippen LogP contribution in [0.5, 0.6) is 17.6 Å². The van der Waals surface area contributed by atoms with E-state index in [0.717, 1.165) is 36.0 Å². The van der Waals surface area contributed by atoms with E-state index in [4.69, 9.17) is 37.1 Å². The van der Waals surface area contributed by atoms with Gasteiger partial charge in [-0.2, -0.15) is 4.68 Å². The van der Waals surface area contributed by atoms with Crippen LogP contribution in [0.15, 0.2) is 51.7 Å². The van der Waals surface area contributed by atoms with Crippen molar-refractivity contribution in [2.24, 2.45) is 5.92 Å². The quantitative estimate of drug-likeness (QED) is 0.429. The van der Waals surface area contributed by atoms with E-state index in [2.05, 4.69) is 16.9 Å². The van der Waals surface area contributed by atoms with Crippen molar-refractivity contribution >= 4 is 35.6 Å². The molecule has 4 rings (SSSR count). The van der Waals surface area contributed by atoms with Crippen LogP contribution >= 0.6 is 35.6 Å². The number of halogens is 3. The minimum atomic E-state index is -0.673. The van der Waals surface area contributed by atoms with Gasteiger partial charge in [-0.15, -0.1) is 12.4 Å². The minimum absolute atomic E-state index is 0. The van der Waals surface area contributed by atoms with Crippen molar-refractivity contribution in [3.8, 4) is 23.3 Å². The van der Waals surface area contributed by atoms with Crippen molar-refractivity contribution in [2.75, 3.05) is 26.2 Å². The Morgan fingerprint density at radius 2 is 1.84 bits per heavy atom. The molecule has 1 aliphatic heterocycles. The number of ether oxygens (including phenoxy) is 2. The lowest BCUT2D eigenvalue weighted by atomic mass is 9.99. The molecule has 0 radical (unpaired) electrons. The normalized spacial score (nSPS) is 14.7. The second-order valence-electron chi connectivity index (χ2n) is 7.59. The molecule has 3 aromatic rings. The molecule has 10 heteroatoms. The van der Waals surface area contributed by atoms with Gasteiger partial charge in [0.25, 0.3) is 0 Å². The molecule has 0 N–H and O–H groups in total. The van der Waals surface area contributed by atoms with E-state index in [0.29, 0.717) is 17.3 Å². The summed E-state index contributed by atoms with van der Waals surface area (Å²) in [6.07, 6.45) is 2.28. The summed E-state index contributed by atoms with van der Waals surface area (Å²) in [5.41, 5.74) is 0.531. The standard InChI is InChI=1S/C22H23Cl2N3O4.ClH/c1-15-8-10-26(11-9-15)12-13-29-18-5-3-17(4-6-18)27-22(28)31-21(25-27)30-20-7-2-16(23)14-19(20)24;/h2-7,14-15H,8-13H2,1H3;1H. The fraction of sp³-hybridized carbons (Fsp3) is 0.364. The highest BCUT2D eigenvalue weighted by atomic mass is 35.5. The Hall–Kier alpha value is -2.19. The highest BCUT2D eigenvalue weighted by Crippen LogP contribution is 2.30. The van der Waals surface area contributed by atoms with Crippen molar-refractivity contribution < 1.29 is 13.9 Å². The maximum Gasteiger partial charge on any atom is 0.444 e. The zero-order valence-electron chi connectivity index (χ0n) is 17.5. The Morgan fingerprint density at radius 1 is 1.12 bits per heavy atom. The summed E-state index contributed by atoms with van der Waals surface area (Å²) in [5, 5.41) is 4.83. The lowest BCUT2D eigenvalue weighted by Gasteiger charge is -2.29. The van der Waals surface area contributed by atoms with Gasteiger partial charge in [-0.3, -0.25) is 4.90 Å². The van der Waals surface area contributed by atoms with Gasteiger partial charge in [-0.1, -0.05) is 35.2 Å². The van der Waals surface area contributed by atoms with Gasteiger partial charge in [0.2, 0.25) is 0 Å². The average molecular weight is 501 g/mol. The SMILES string of the molecule is CC1CCN(CCOc2ccc(-n3nc(Oc4ccc(Cl)cc4Cl)oc3=O)cc2)CC1.Cl. The van der Waals surface area contributed by atoms with E-state index in [-0.39, 0.29) is 29.3 Å². The summed E-state index contributed by atoms with van der Waals surface area (Å²) in [6, 6.07) is 11.8. The van der Waals surface area contributed by atoms with Crippen LogP contribution in [0.3, 0.4) is 0 Å². The first-order valence-corrected chi connectivity index (χ1v) is 10.9. The lowest BCUT2D eigenvalue weighted by Crippen LogP contribution is -2.35. The smallest absolute Gasteiger partial charge is 0.444 e. The molecule has 1 aliphatic rings. The molecule has 1 aromatic heterocycles. The molecule has 0 amide bonds. The van der Waals surface area contributed by atoms with Crippen molar-refractivity contribution in [1.82, 2.24) is 14.7 Å². The third-order valence-electron chi connectivity index (χ3n) is 5.25. The van der Waals surface area contributed by atoms with Crippen LogP contribution < -0.4 is 15.2 Å². The maximum atomic E-state index is 12.2. The van der Waals surface area contributed by atoms with Crippen LogP contribution in [0.2, 0.25) is 10.0 Å². The summed E-state index contributed by atoms with van der Waals surface area (Å²) in [5.74, 6) is 1.16. The number of hydrogen-bond donors (Lipinski definition) is 0. The van der Waals surface area contributed by atoms with Gasteiger partial charge in [0.1, 0.15) is 12.4 Å². The average Bonchev–Trinajstić information content (AvgIpc) is 3.12. The topological polar surface area (TPSA) is 69.7 Å². The number of benzene rings is 2. The van der Waals surface area contributed by atoms with Crippen molar-refractivity contribution in [1.29, 1.82) is 0 Å². The van der Waals surface area contributed by atoms with Gasteiger partial charge < -0.3 is 13.9 Å². The first-order chi connectivity index (χ1) is 15.0. The molecule has 0 aliphatic carbocycles. The van der Waals surface area contributed by atoms with E-state index in [1.54, 1.807) is 36.4 Å². The number of likely N-dealkylation sites (tertiary alicyclic amines) is 1. The highest BCUT2D eigenvalue weighted by molar-refractivity contribution is 6.35. The summed E-state index contributed by atoms with van der Waals surface area (Å²) in [4.78, 5) is 14.6. The molecule has 2 heterocycles. The fourth-order valence-electron chi connectivity index (χ4n) is 3.38. The van der Waals surface area contributed by atoms with Crippen LogP contribution in [0.1, 0.15) is 19.8 Å². The first kappa shape index (κ1) is 24.5. The van der Waals surface area contributed by atoms with Gasteiger partial charge in [0.15, 0.2) is 5.75 Å². The second kappa shape index (κ2) is 11.1. The zero-order chi connectivity index (χ0) is 21.8. The predicted octanol–water partition coefficient (Wildman–Crippen LogP) is 5.46. The van der Waals surface area contributed by atoms with Crippen molar-refractivity contribution in [2.45, 2.75) is 19.8 Å². The molecule has 0 saturated carbocycles. The molecule has 7 nitrogen and oxygen atoms in total. The van der Waals surface area contributed by atoms with Gasteiger partial charge in [-0.25, -0.2) is 4.79 Å². The molecule has 1 fully saturated rings. The summed E-state index contributed by atoms with van der Waals surface area (Å²) < 4.78 is 17.5. The van der Waals surface area contributed by atoms with Crippen LogP contribution in [0, 0.1) is 5.92 Å². The lowest BCUT2D eigenvalue weighted by molar-refractivity contribution is 0.160. The number of nitrogens with zero attached hydrogens (tertiary/aromatic N) is 3. The van der Waals surface area contributed by atoms with Crippen LogP contribution in [-0.4, -0.2) is 40.9 Å². The highest BCUT2D eigenvalue weighted by Gasteiger charge is 2.16. The molecule has 0 atom stereocenters. The number of piperidine rings is 1. The molecule has 2 aromatic carbocycles. The minimum Gasteiger partial charge on any atom is -0.492 e. The molecule has 0 bridgehead atoms. The van der Waals surface area contributed by atoms with Crippen LogP contribution in [0.25, 0.3) is 5.69 Å². The molecule has 32 heavy (non-hydrogen) atoms. The van der Waals surface area contributed by atoms with Crippen molar-refractivity contribution in [3.05, 3.63) is 63.1 Å². The predicted molar refractivity (Wildman–Crippen MR) is 126 cm³/mol. The van der Waals surface area contributed by atoms with E-state index in [9.17, 15) is 4.79 Å². The Bertz CT molecular complexity index is 1080. The number of rotatable bonds is 7. The summed E-state index contributed by atoms with van der Waals surface area (Å²) >= 11 is 11.9. The largest absolute Gasteiger partial charge is 0.492 e. The molecule has 172 valence electrons. The summed E-state index contributed by atoms with van der Waals surface area (Å²) in [7, 11) is 0. The molecule has 0 spiro atoms. The molecular formula is C22H24Cl3N3O4. The molecule has 0 unspecified atom stereocenters. The Balaban J connectivity index is 0.00000289. The third-order valence-corrected chi connectivity index (χ3v) is 5.78. The van der Waals surface area contributed by atoms with Crippen LogP contribution in [0.4, 0.5) is 0 Å². The van der Waals surface area contributed by atoms with E-state index in [1.165, 1.54) is 18.9 Å². The van der Waals surface area contributed by atoms with Gasteiger partial charge in [0.05, 0.1) is 10.7 Å². The molecule has 1 saturated heterocycles. The monoisotopic (exact) mass is 499 g/mol. The Labute approximate surface area is 202 Å².